The number of nitrogens with one attached hydrogen (secondary N) is 2. The number of rotatable bonds is 7. The normalized spacial score (nSPS) is 11.7. The molecule has 1 heterocycles. The summed E-state index contributed by atoms with van der Waals surface area (Å²) in [6, 6.07) is 2.27. The molecule has 7 nitrogen and oxygen atoms in total. The molecule has 1 aromatic heterocycles. The molecule has 0 bridgehead atoms. The molecule has 1 amide bonds. The summed E-state index contributed by atoms with van der Waals surface area (Å²) in [5, 5.41) is 2.47. The van der Waals surface area contributed by atoms with Crippen LogP contribution in [0.3, 0.4) is 0 Å². The summed E-state index contributed by atoms with van der Waals surface area (Å²) in [5.41, 5.74) is 1.17. The quantitative estimate of drug-likeness (QED) is 0.686. The highest BCUT2D eigenvalue weighted by Gasteiger charge is 2.24. The van der Waals surface area contributed by atoms with E-state index < -0.39 is 42.1 Å². The van der Waals surface area contributed by atoms with Gasteiger partial charge in [-0.2, -0.15) is 0 Å². The van der Waals surface area contributed by atoms with Gasteiger partial charge < -0.3 is 19.8 Å². The molecule has 2 rings (SSSR count). The molecule has 156 valence electrons. The molecule has 0 saturated carbocycles. The van der Waals surface area contributed by atoms with Crippen LogP contribution in [0.4, 0.5) is 8.78 Å². The van der Waals surface area contributed by atoms with E-state index in [0.29, 0.717) is 11.3 Å². The molecule has 1 aromatic carbocycles. The lowest BCUT2D eigenvalue weighted by Crippen LogP contribution is -2.31. The third-order valence-electron chi connectivity index (χ3n) is 4.26. The lowest BCUT2D eigenvalue weighted by molar-refractivity contribution is -0.124. The van der Waals surface area contributed by atoms with E-state index in [1.807, 2.05) is 0 Å². The third-order valence-corrected chi connectivity index (χ3v) is 4.26. The number of H-pyrrole nitrogens is 1. The fourth-order valence-electron chi connectivity index (χ4n) is 2.88. The number of benzene rings is 1. The van der Waals surface area contributed by atoms with Crippen LogP contribution in [-0.2, 0) is 14.3 Å². The first-order valence-electron chi connectivity index (χ1n) is 8.93. The molecule has 1 atom stereocenters. The summed E-state index contributed by atoms with van der Waals surface area (Å²) >= 11 is 0. The van der Waals surface area contributed by atoms with E-state index in [4.69, 9.17) is 9.47 Å². The first kappa shape index (κ1) is 22.1. The number of aryl methyl sites for hydroxylation is 1. The van der Waals surface area contributed by atoms with Crippen molar-refractivity contribution in [2.24, 2.45) is 0 Å². The van der Waals surface area contributed by atoms with Crippen molar-refractivity contribution < 1.29 is 32.6 Å². The fourth-order valence-corrected chi connectivity index (χ4v) is 2.88. The van der Waals surface area contributed by atoms with Gasteiger partial charge >= 0.3 is 11.9 Å². The second-order valence-electron chi connectivity index (χ2n) is 6.38. The highest BCUT2D eigenvalue weighted by molar-refractivity contribution is 5.99. The average molecular weight is 408 g/mol. The molecule has 9 heteroatoms. The van der Waals surface area contributed by atoms with E-state index in [-0.39, 0.29) is 23.4 Å². The van der Waals surface area contributed by atoms with Crippen LogP contribution in [0, 0.1) is 25.5 Å². The Hall–Kier alpha value is -3.23. The van der Waals surface area contributed by atoms with Crippen LogP contribution in [-0.4, -0.2) is 36.0 Å². The van der Waals surface area contributed by atoms with Crippen molar-refractivity contribution in [2.45, 2.75) is 33.7 Å². The predicted molar refractivity (Wildman–Crippen MR) is 99.4 cm³/mol. The minimum Gasteiger partial charge on any atom is -0.462 e. The highest BCUT2D eigenvalue weighted by Crippen LogP contribution is 2.20. The number of amides is 1. The molecule has 0 unspecified atom stereocenters. The van der Waals surface area contributed by atoms with Gasteiger partial charge in [0.15, 0.2) is 6.61 Å². The molecule has 0 spiro atoms. The third kappa shape index (κ3) is 5.18. The van der Waals surface area contributed by atoms with Crippen LogP contribution in [0.15, 0.2) is 18.2 Å². The van der Waals surface area contributed by atoms with Gasteiger partial charge in [-0.15, -0.1) is 0 Å². The Kier molecular flexibility index (Phi) is 7.08. The van der Waals surface area contributed by atoms with Crippen LogP contribution < -0.4 is 5.32 Å². The van der Waals surface area contributed by atoms with Crippen molar-refractivity contribution in [1.29, 1.82) is 0 Å². The predicted octanol–water partition coefficient (Wildman–Crippen LogP) is 3.12. The lowest BCUT2D eigenvalue weighted by atomic mass is 10.1. The maximum atomic E-state index is 13.8. The summed E-state index contributed by atoms with van der Waals surface area (Å²) in [6.45, 7) is 5.93. The molecule has 2 aromatic rings. The van der Waals surface area contributed by atoms with Crippen molar-refractivity contribution in [3.05, 3.63) is 57.9 Å². The van der Waals surface area contributed by atoms with Crippen molar-refractivity contribution in [3.8, 4) is 0 Å². The monoisotopic (exact) mass is 408 g/mol. The van der Waals surface area contributed by atoms with E-state index in [0.717, 1.165) is 12.1 Å². The summed E-state index contributed by atoms with van der Waals surface area (Å²) in [5.74, 6) is -3.57. The van der Waals surface area contributed by atoms with E-state index in [1.165, 1.54) is 13.0 Å². The Morgan fingerprint density at radius 1 is 1.14 bits per heavy atom. The minimum atomic E-state index is -0.822. The largest absolute Gasteiger partial charge is 0.462 e. The topological polar surface area (TPSA) is 97.5 Å². The zero-order valence-electron chi connectivity index (χ0n) is 16.5. The Balaban J connectivity index is 1.99. The van der Waals surface area contributed by atoms with Gasteiger partial charge in [0.25, 0.3) is 5.91 Å². The molecule has 0 radical (unpaired) electrons. The van der Waals surface area contributed by atoms with Crippen LogP contribution in [0.25, 0.3) is 0 Å². The van der Waals surface area contributed by atoms with E-state index in [9.17, 15) is 23.2 Å². The number of carbonyl (C=O) groups is 3. The van der Waals surface area contributed by atoms with Gasteiger partial charge in [-0.3, -0.25) is 4.79 Å². The standard InChI is InChI=1S/C20H22F2N2O5/c1-5-28-19(26)17-10(2)18(24-12(17)4)20(27)29-9-16(25)23-11(3)14-7-6-13(21)8-15(14)22/h6-8,11,24H,5,9H2,1-4H3,(H,23,25)/t11-/m0/s1. The van der Waals surface area contributed by atoms with Gasteiger partial charge in [0.1, 0.15) is 17.3 Å². The van der Waals surface area contributed by atoms with Crippen LogP contribution in [0.5, 0.6) is 0 Å². The molecular weight excluding hydrogens is 386 g/mol. The van der Waals surface area contributed by atoms with Crippen LogP contribution in [0.2, 0.25) is 0 Å². The van der Waals surface area contributed by atoms with Crippen molar-refractivity contribution >= 4 is 17.8 Å². The van der Waals surface area contributed by atoms with E-state index >= 15 is 0 Å². The first-order chi connectivity index (χ1) is 13.6. The van der Waals surface area contributed by atoms with Gasteiger partial charge in [0.05, 0.1) is 18.2 Å². The Bertz CT molecular complexity index is 939. The van der Waals surface area contributed by atoms with Gasteiger partial charge in [-0.1, -0.05) is 6.07 Å². The fraction of sp³-hybridized carbons (Fsp3) is 0.350. The number of aromatic nitrogens is 1. The highest BCUT2D eigenvalue weighted by atomic mass is 19.1. The number of esters is 2. The zero-order valence-corrected chi connectivity index (χ0v) is 16.5. The Labute approximate surface area is 166 Å². The summed E-state index contributed by atoms with van der Waals surface area (Å²) < 4.78 is 36.7. The molecule has 29 heavy (non-hydrogen) atoms. The maximum absolute atomic E-state index is 13.8. The SMILES string of the molecule is CCOC(=O)c1c(C)[nH]c(C(=O)OCC(=O)N[C@@H](C)c2ccc(F)cc2F)c1C. The maximum Gasteiger partial charge on any atom is 0.355 e. The molecule has 0 fully saturated rings. The number of halogens is 2. The van der Waals surface area contributed by atoms with Crippen LogP contribution in [0.1, 0.15) is 57.6 Å². The van der Waals surface area contributed by atoms with E-state index in [2.05, 4.69) is 10.3 Å². The molecule has 0 aliphatic carbocycles. The number of aromatic amines is 1. The van der Waals surface area contributed by atoms with Gasteiger partial charge in [-0.25, -0.2) is 18.4 Å². The van der Waals surface area contributed by atoms with Crippen molar-refractivity contribution in [1.82, 2.24) is 10.3 Å². The van der Waals surface area contributed by atoms with Crippen LogP contribution >= 0.6 is 0 Å². The number of hydrogen-bond donors (Lipinski definition) is 2. The Morgan fingerprint density at radius 3 is 2.45 bits per heavy atom. The molecule has 0 aliphatic heterocycles. The second kappa shape index (κ2) is 9.31. The number of carbonyl (C=O) groups excluding carboxylic acids is 3. The second-order valence-corrected chi connectivity index (χ2v) is 6.38. The Morgan fingerprint density at radius 2 is 1.83 bits per heavy atom. The molecule has 0 saturated heterocycles. The lowest BCUT2D eigenvalue weighted by Gasteiger charge is -2.15. The summed E-state index contributed by atoms with van der Waals surface area (Å²) in [6.07, 6.45) is 0. The number of hydrogen-bond acceptors (Lipinski definition) is 5. The smallest absolute Gasteiger partial charge is 0.355 e. The summed E-state index contributed by atoms with van der Waals surface area (Å²) in [4.78, 5) is 39.0. The average Bonchev–Trinajstić information content (AvgIpc) is 2.94. The van der Waals surface area contributed by atoms with E-state index in [1.54, 1.807) is 20.8 Å². The molecule has 0 aliphatic rings. The minimum absolute atomic E-state index is 0.0379. The van der Waals surface area contributed by atoms with Crippen molar-refractivity contribution in [2.75, 3.05) is 13.2 Å². The van der Waals surface area contributed by atoms with Gasteiger partial charge in [0.2, 0.25) is 0 Å². The van der Waals surface area contributed by atoms with Gasteiger partial charge in [0, 0.05) is 17.3 Å². The van der Waals surface area contributed by atoms with Gasteiger partial charge in [-0.05, 0) is 39.3 Å². The number of ether oxygens (including phenoxy) is 2. The van der Waals surface area contributed by atoms with Crippen molar-refractivity contribution in [3.63, 3.8) is 0 Å². The molecular formula is C20H22F2N2O5. The summed E-state index contributed by atoms with van der Waals surface area (Å²) in [7, 11) is 0. The first-order valence-corrected chi connectivity index (χ1v) is 8.93. The molecule has 2 N–H and O–H groups in total. The zero-order chi connectivity index (χ0) is 21.7.